The highest BCUT2D eigenvalue weighted by atomic mass is 32.1. The number of rotatable bonds is 8. The lowest BCUT2D eigenvalue weighted by atomic mass is 9.94. The Morgan fingerprint density at radius 2 is 1.74 bits per heavy atom. The van der Waals surface area contributed by atoms with Gasteiger partial charge in [-0.15, -0.1) is 0 Å². The number of nitrogens with one attached hydrogen (secondary N) is 1. The Labute approximate surface area is 223 Å². The Morgan fingerprint density at radius 1 is 0.947 bits per heavy atom. The third-order valence-corrected chi connectivity index (χ3v) is 7.83. The van der Waals surface area contributed by atoms with Crippen LogP contribution in [-0.4, -0.2) is 37.7 Å². The molecule has 1 N–H and O–H groups in total. The van der Waals surface area contributed by atoms with Crippen molar-refractivity contribution in [1.29, 1.82) is 0 Å². The van der Waals surface area contributed by atoms with E-state index in [0.29, 0.717) is 57.1 Å². The maximum atomic E-state index is 13.8. The predicted molar refractivity (Wildman–Crippen MR) is 143 cm³/mol. The van der Waals surface area contributed by atoms with Crippen molar-refractivity contribution in [3.63, 3.8) is 0 Å². The lowest BCUT2D eigenvalue weighted by Gasteiger charge is -2.15. The molecule has 0 atom stereocenters. The number of methoxy groups -OCH3 is 2. The van der Waals surface area contributed by atoms with E-state index in [2.05, 4.69) is 5.32 Å². The van der Waals surface area contributed by atoms with Crippen LogP contribution in [0.2, 0.25) is 0 Å². The van der Waals surface area contributed by atoms with Crippen molar-refractivity contribution in [2.75, 3.05) is 26.3 Å². The molecule has 8 nitrogen and oxygen atoms in total. The van der Waals surface area contributed by atoms with Crippen molar-refractivity contribution in [2.45, 2.75) is 18.3 Å². The number of anilines is 1. The van der Waals surface area contributed by atoms with Crippen LogP contribution in [0.15, 0.2) is 66.7 Å². The number of carbonyl (C=O) groups excluding carboxylic acids is 2. The van der Waals surface area contributed by atoms with Gasteiger partial charge in [-0.25, -0.2) is 4.98 Å². The fourth-order valence-corrected chi connectivity index (χ4v) is 5.55. The van der Waals surface area contributed by atoms with Crippen LogP contribution in [0.5, 0.6) is 23.0 Å². The van der Waals surface area contributed by atoms with E-state index in [0.717, 1.165) is 22.5 Å². The van der Waals surface area contributed by atoms with Crippen LogP contribution in [-0.2, 0) is 10.2 Å². The Kier molecular flexibility index (Phi) is 6.00. The van der Waals surface area contributed by atoms with Crippen molar-refractivity contribution in [2.24, 2.45) is 0 Å². The van der Waals surface area contributed by atoms with Gasteiger partial charge in [-0.05, 0) is 42.7 Å². The first-order chi connectivity index (χ1) is 18.5. The second kappa shape index (κ2) is 9.50. The number of ketones is 1. The lowest BCUT2D eigenvalue weighted by Crippen LogP contribution is -2.27. The largest absolute Gasteiger partial charge is 0.497 e. The highest BCUT2D eigenvalue weighted by Gasteiger charge is 2.52. The molecule has 3 aromatic carbocycles. The van der Waals surface area contributed by atoms with Gasteiger partial charge >= 0.3 is 0 Å². The molecule has 1 aliphatic carbocycles. The number of fused-ring (bicyclic) bond motifs is 1. The Balaban J connectivity index is 1.34. The maximum Gasteiger partial charge on any atom is 0.236 e. The molecule has 38 heavy (non-hydrogen) atoms. The lowest BCUT2D eigenvalue weighted by molar-refractivity contribution is -0.118. The topological polar surface area (TPSA) is 96.0 Å². The van der Waals surface area contributed by atoms with Gasteiger partial charge in [0.1, 0.15) is 16.4 Å². The summed E-state index contributed by atoms with van der Waals surface area (Å²) in [5.74, 6) is 1.88. The Bertz CT molecular complexity index is 1540. The monoisotopic (exact) mass is 528 g/mol. The van der Waals surface area contributed by atoms with Gasteiger partial charge in [0.25, 0.3) is 0 Å². The van der Waals surface area contributed by atoms with E-state index in [1.165, 1.54) is 7.11 Å². The van der Waals surface area contributed by atoms with Crippen molar-refractivity contribution < 1.29 is 28.5 Å². The van der Waals surface area contributed by atoms with Crippen LogP contribution in [0.4, 0.5) is 5.13 Å². The molecule has 0 spiro atoms. The molecule has 6 rings (SSSR count). The molecule has 1 aliphatic heterocycles. The molecular formula is C29H24N2O6S. The summed E-state index contributed by atoms with van der Waals surface area (Å²) in [5, 5.41) is 3.35. The summed E-state index contributed by atoms with van der Waals surface area (Å²) in [7, 11) is 3.06. The van der Waals surface area contributed by atoms with Crippen molar-refractivity contribution in [3.8, 4) is 34.3 Å². The van der Waals surface area contributed by atoms with Crippen LogP contribution in [0.3, 0.4) is 0 Å². The summed E-state index contributed by atoms with van der Waals surface area (Å²) < 4.78 is 21.7. The van der Waals surface area contributed by atoms with Crippen molar-refractivity contribution in [3.05, 3.63) is 82.7 Å². The summed E-state index contributed by atoms with van der Waals surface area (Å²) in [6.45, 7) is 0.176. The number of carbonyl (C=O) groups is 2. The molecule has 0 bridgehead atoms. The van der Waals surface area contributed by atoms with Crippen LogP contribution >= 0.6 is 11.3 Å². The van der Waals surface area contributed by atoms with Crippen LogP contribution < -0.4 is 24.3 Å². The van der Waals surface area contributed by atoms with E-state index in [-0.39, 0.29) is 18.5 Å². The smallest absolute Gasteiger partial charge is 0.236 e. The summed E-state index contributed by atoms with van der Waals surface area (Å²) in [6, 6.07) is 20.1. The minimum atomic E-state index is -0.664. The first-order valence-corrected chi connectivity index (χ1v) is 12.9. The summed E-state index contributed by atoms with van der Waals surface area (Å²) >= 11 is 1.15. The number of nitrogens with zero attached hydrogens (tertiary/aromatic N) is 1. The fraction of sp³-hybridized carbons (Fsp3) is 0.207. The van der Waals surface area contributed by atoms with E-state index in [9.17, 15) is 9.59 Å². The molecule has 2 aliphatic rings. The van der Waals surface area contributed by atoms with Gasteiger partial charge in [-0.3, -0.25) is 9.59 Å². The minimum absolute atomic E-state index is 0.161. The van der Waals surface area contributed by atoms with Crippen molar-refractivity contribution >= 4 is 28.2 Å². The molecule has 4 aromatic rings. The molecule has 0 radical (unpaired) electrons. The van der Waals surface area contributed by atoms with Gasteiger partial charge in [0.05, 0.1) is 30.9 Å². The molecule has 1 aromatic heterocycles. The van der Waals surface area contributed by atoms with E-state index >= 15 is 0 Å². The average molecular weight is 529 g/mol. The molecule has 1 saturated carbocycles. The normalized spacial score (nSPS) is 14.6. The quantitative estimate of drug-likeness (QED) is 0.304. The summed E-state index contributed by atoms with van der Waals surface area (Å²) in [6.07, 6.45) is 1.43. The first kappa shape index (κ1) is 24.0. The number of hydrogen-bond donors (Lipinski definition) is 1. The minimum Gasteiger partial charge on any atom is -0.497 e. The molecule has 1 amide bonds. The number of aromatic nitrogens is 1. The van der Waals surface area contributed by atoms with Gasteiger partial charge in [-0.1, -0.05) is 47.7 Å². The molecule has 9 heteroatoms. The molecule has 0 unspecified atom stereocenters. The number of benzene rings is 3. The molecule has 2 heterocycles. The van der Waals surface area contributed by atoms with Gasteiger partial charge < -0.3 is 24.3 Å². The number of hydrogen-bond acceptors (Lipinski definition) is 8. The zero-order chi connectivity index (χ0) is 26.3. The molecule has 0 saturated heterocycles. The third kappa shape index (κ3) is 4.14. The average Bonchev–Trinajstić information content (AvgIpc) is 3.46. The van der Waals surface area contributed by atoms with Gasteiger partial charge in [0.15, 0.2) is 16.6 Å². The van der Waals surface area contributed by atoms with E-state index in [1.807, 2.05) is 48.5 Å². The predicted octanol–water partition coefficient (Wildman–Crippen LogP) is 5.46. The summed E-state index contributed by atoms with van der Waals surface area (Å²) in [5.41, 5.74) is 1.87. The van der Waals surface area contributed by atoms with Crippen molar-refractivity contribution in [1.82, 2.24) is 4.98 Å². The van der Waals surface area contributed by atoms with E-state index in [1.54, 1.807) is 25.3 Å². The molecular weight excluding hydrogens is 504 g/mol. The van der Waals surface area contributed by atoms with Crippen LogP contribution in [0.1, 0.15) is 33.6 Å². The maximum absolute atomic E-state index is 13.8. The van der Waals surface area contributed by atoms with E-state index < -0.39 is 5.41 Å². The Hall–Kier alpha value is -4.37. The highest BCUT2D eigenvalue weighted by Crippen LogP contribution is 2.51. The van der Waals surface area contributed by atoms with Gasteiger partial charge in [0.2, 0.25) is 18.5 Å². The zero-order valence-electron chi connectivity index (χ0n) is 20.8. The second-order valence-electron chi connectivity index (χ2n) is 9.06. The standard InChI is InChI=1S/C29H24N2O6S/c1-34-19-9-10-20(22(15-19)35-2)25(32)26-24(17-6-4-3-5-7-17)30-28(38-26)31-27(33)29(12-13-29)18-8-11-21-23(14-18)37-16-36-21/h3-11,14-15H,12-13,16H2,1-2H3,(H,30,31,33). The number of ether oxygens (including phenoxy) is 4. The first-order valence-electron chi connectivity index (χ1n) is 12.1. The number of thiazole rings is 1. The highest BCUT2D eigenvalue weighted by molar-refractivity contribution is 7.18. The number of amides is 1. The van der Waals surface area contributed by atoms with Crippen LogP contribution in [0, 0.1) is 0 Å². The Morgan fingerprint density at radius 3 is 2.47 bits per heavy atom. The molecule has 1 fully saturated rings. The zero-order valence-corrected chi connectivity index (χ0v) is 21.6. The van der Waals surface area contributed by atoms with Gasteiger partial charge in [-0.2, -0.15) is 0 Å². The fourth-order valence-electron chi connectivity index (χ4n) is 4.61. The van der Waals surface area contributed by atoms with Crippen LogP contribution in [0.25, 0.3) is 11.3 Å². The summed E-state index contributed by atoms with van der Waals surface area (Å²) in [4.78, 5) is 32.4. The van der Waals surface area contributed by atoms with Gasteiger partial charge in [0, 0.05) is 11.6 Å². The SMILES string of the molecule is COc1ccc(C(=O)c2sc(NC(=O)C3(c4ccc5c(c4)OCO5)CC3)nc2-c2ccccc2)c(OC)c1. The van der Waals surface area contributed by atoms with E-state index in [4.69, 9.17) is 23.9 Å². The molecule has 192 valence electrons. The third-order valence-electron chi connectivity index (χ3n) is 6.86. The second-order valence-corrected chi connectivity index (χ2v) is 10.1.